The number of hydrogen-bond acceptors (Lipinski definition) is 4. The predicted octanol–water partition coefficient (Wildman–Crippen LogP) is 5.08. The molecule has 4 heteroatoms. The Bertz CT molecular complexity index is 570. The van der Waals surface area contributed by atoms with E-state index in [1.54, 1.807) is 0 Å². The number of esters is 2. The average molecular weight is 365 g/mol. The zero-order chi connectivity index (χ0) is 20.4. The molecule has 2 atom stereocenters. The summed E-state index contributed by atoms with van der Waals surface area (Å²) in [6, 6.07) is 0. The number of carbonyl (C=O) groups excluding carboxylic acids is 2. The lowest BCUT2D eigenvalue weighted by molar-refractivity contribution is -0.145. The van der Waals surface area contributed by atoms with Crippen molar-refractivity contribution < 1.29 is 19.1 Å². The van der Waals surface area contributed by atoms with Crippen molar-refractivity contribution >= 4 is 11.9 Å². The molecule has 0 heterocycles. The Hall–Kier alpha value is -1.58. The van der Waals surface area contributed by atoms with Crippen LogP contribution in [0.4, 0.5) is 0 Å². The van der Waals surface area contributed by atoms with E-state index in [1.165, 1.54) is 0 Å². The lowest BCUT2D eigenvalue weighted by Gasteiger charge is -2.32. The summed E-state index contributed by atoms with van der Waals surface area (Å²) in [5.41, 5.74) is 2.87. The molecule has 148 valence electrons. The van der Waals surface area contributed by atoms with Gasteiger partial charge in [0.2, 0.25) is 0 Å². The Balaban J connectivity index is 3.25. The molecule has 0 amide bonds. The first-order chi connectivity index (χ1) is 11.7. The number of carbonyl (C=O) groups is 2. The maximum atomic E-state index is 12.9. The Morgan fingerprint density at radius 1 is 0.731 bits per heavy atom. The summed E-state index contributed by atoms with van der Waals surface area (Å²) in [6.45, 7) is 20.6. The van der Waals surface area contributed by atoms with Gasteiger partial charge in [0.05, 0.1) is 24.4 Å². The first-order valence-electron chi connectivity index (χ1n) is 9.41. The van der Waals surface area contributed by atoms with Gasteiger partial charge in [-0.25, -0.2) is 9.59 Å². The zero-order valence-corrected chi connectivity index (χ0v) is 18.2. The van der Waals surface area contributed by atoms with E-state index in [0.717, 1.165) is 11.1 Å². The largest absolute Gasteiger partial charge is 0.462 e. The van der Waals surface area contributed by atoms with Crippen LogP contribution in [0, 0.1) is 22.7 Å². The molecule has 26 heavy (non-hydrogen) atoms. The Kier molecular flexibility index (Phi) is 6.89. The second-order valence-corrected chi connectivity index (χ2v) is 9.91. The molecule has 0 bridgehead atoms. The van der Waals surface area contributed by atoms with Crippen LogP contribution in [0.1, 0.15) is 69.2 Å². The Morgan fingerprint density at radius 3 is 1.23 bits per heavy atom. The molecule has 0 aromatic carbocycles. The van der Waals surface area contributed by atoms with Crippen LogP contribution in [0.5, 0.6) is 0 Å². The van der Waals surface area contributed by atoms with E-state index in [0.29, 0.717) is 24.4 Å². The fraction of sp³-hybridized carbons (Fsp3) is 0.727. The molecule has 0 aliphatic heterocycles. The monoisotopic (exact) mass is 364 g/mol. The van der Waals surface area contributed by atoms with Crippen LogP contribution >= 0.6 is 0 Å². The molecular formula is C22H36O4. The smallest absolute Gasteiger partial charge is 0.335 e. The van der Waals surface area contributed by atoms with E-state index < -0.39 is 11.9 Å². The highest BCUT2D eigenvalue weighted by Crippen LogP contribution is 2.39. The third-order valence-corrected chi connectivity index (χ3v) is 4.79. The van der Waals surface area contributed by atoms with E-state index in [-0.39, 0.29) is 22.7 Å². The normalized spacial score (nSPS) is 21.8. The third-order valence-electron chi connectivity index (χ3n) is 4.79. The SMILES string of the molecule is CC1=C(C)C(C)C(C(=O)OCC(C)(C)C)=C(C(=O)OCC(C)(C)C)C1C. The standard InChI is InChI=1S/C22H36O4/c1-13-14(2)16(4)18(20(24)26-12-22(8,9)10)17(15(13)3)19(23)25-11-21(5,6)7/h15-16H,11-12H2,1-10H3. The molecule has 1 rings (SSSR count). The average Bonchev–Trinajstić information content (AvgIpc) is 2.50. The fourth-order valence-electron chi connectivity index (χ4n) is 2.88. The number of allylic oxidation sites excluding steroid dienone is 2. The summed E-state index contributed by atoms with van der Waals surface area (Å²) in [6.07, 6.45) is 0. The first kappa shape index (κ1) is 22.5. The Labute approximate surface area is 159 Å². The molecule has 0 fully saturated rings. The summed E-state index contributed by atoms with van der Waals surface area (Å²) >= 11 is 0. The minimum atomic E-state index is -0.408. The van der Waals surface area contributed by atoms with Crippen LogP contribution in [-0.2, 0) is 19.1 Å². The quantitative estimate of drug-likeness (QED) is 0.515. The lowest BCUT2D eigenvalue weighted by Crippen LogP contribution is -2.31. The topological polar surface area (TPSA) is 52.6 Å². The number of hydrogen-bond donors (Lipinski definition) is 0. The molecule has 0 saturated heterocycles. The molecule has 4 nitrogen and oxygen atoms in total. The van der Waals surface area contributed by atoms with Gasteiger partial charge in [0.1, 0.15) is 0 Å². The molecule has 1 aliphatic rings. The van der Waals surface area contributed by atoms with Crippen molar-refractivity contribution in [1.82, 2.24) is 0 Å². The van der Waals surface area contributed by atoms with Crippen LogP contribution in [0.15, 0.2) is 22.3 Å². The molecule has 1 aliphatic carbocycles. The summed E-state index contributed by atoms with van der Waals surface area (Å²) < 4.78 is 11.1. The van der Waals surface area contributed by atoms with Crippen molar-refractivity contribution in [2.24, 2.45) is 22.7 Å². The van der Waals surface area contributed by atoms with Gasteiger partial charge in [0.15, 0.2) is 0 Å². The minimum Gasteiger partial charge on any atom is -0.462 e. The van der Waals surface area contributed by atoms with Crippen LogP contribution in [0.3, 0.4) is 0 Å². The molecule has 0 N–H and O–H groups in total. The molecule has 0 saturated carbocycles. The van der Waals surface area contributed by atoms with E-state index in [4.69, 9.17) is 9.47 Å². The molecule has 2 unspecified atom stereocenters. The van der Waals surface area contributed by atoms with Crippen molar-refractivity contribution in [1.29, 1.82) is 0 Å². The van der Waals surface area contributed by atoms with Gasteiger partial charge in [-0.1, -0.05) is 66.5 Å². The van der Waals surface area contributed by atoms with Crippen LogP contribution in [-0.4, -0.2) is 25.2 Å². The molecule has 0 radical (unpaired) electrons. The molecule has 0 spiro atoms. The second kappa shape index (κ2) is 7.98. The fourth-order valence-corrected chi connectivity index (χ4v) is 2.88. The van der Waals surface area contributed by atoms with Crippen molar-refractivity contribution in [3.63, 3.8) is 0 Å². The molecule has 0 aromatic heterocycles. The van der Waals surface area contributed by atoms with E-state index in [1.807, 2.05) is 69.2 Å². The highest BCUT2D eigenvalue weighted by molar-refractivity contribution is 6.02. The molecule has 0 aromatic rings. The maximum Gasteiger partial charge on any atom is 0.335 e. The highest BCUT2D eigenvalue weighted by atomic mass is 16.5. The number of rotatable bonds is 4. The minimum absolute atomic E-state index is 0.131. The van der Waals surface area contributed by atoms with Gasteiger partial charge in [-0.05, 0) is 24.7 Å². The van der Waals surface area contributed by atoms with Crippen LogP contribution in [0.2, 0.25) is 0 Å². The van der Waals surface area contributed by atoms with Gasteiger partial charge >= 0.3 is 11.9 Å². The van der Waals surface area contributed by atoms with Gasteiger partial charge in [-0.3, -0.25) is 0 Å². The van der Waals surface area contributed by atoms with Gasteiger partial charge in [-0.2, -0.15) is 0 Å². The third kappa shape index (κ3) is 5.72. The maximum absolute atomic E-state index is 12.9. The van der Waals surface area contributed by atoms with E-state index >= 15 is 0 Å². The van der Waals surface area contributed by atoms with Crippen molar-refractivity contribution in [2.75, 3.05) is 13.2 Å². The van der Waals surface area contributed by atoms with Crippen LogP contribution < -0.4 is 0 Å². The van der Waals surface area contributed by atoms with Gasteiger partial charge < -0.3 is 9.47 Å². The molecular weight excluding hydrogens is 328 g/mol. The van der Waals surface area contributed by atoms with Crippen molar-refractivity contribution in [2.45, 2.75) is 69.2 Å². The van der Waals surface area contributed by atoms with Gasteiger partial charge in [0.25, 0.3) is 0 Å². The van der Waals surface area contributed by atoms with Gasteiger partial charge in [-0.15, -0.1) is 0 Å². The van der Waals surface area contributed by atoms with Gasteiger partial charge in [0, 0.05) is 11.8 Å². The zero-order valence-electron chi connectivity index (χ0n) is 18.2. The number of ether oxygens (including phenoxy) is 2. The highest BCUT2D eigenvalue weighted by Gasteiger charge is 2.37. The van der Waals surface area contributed by atoms with Crippen LogP contribution in [0.25, 0.3) is 0 Å². The van der Waals surface area contributed by atoms with E-state index in [2.05, 4.69) is 0 Å². The second-order valence-electron chi connectivity index (χ2n) is 9.91. The summed E-state index contributed by atoms with van der Waals surface area (Å²) in [7, 11) is 0. The lowest BCUT2D eigenvalue weighted by atomic mass is 9.74. The Morgan fingerprint density at radius 2 is 1.00 bits per heavy atom. The summed E-state index contributed by atoms with van der Waals surface area (Å²) in [5.74, 6) is -1.13. The van der Waals surface area contributed by atoms with E-state index in [9.17, 15) is 9.59 Å². The predicted molar refractivity (Wildman–Crippen MR) is 105 cm³/mol. The van der Waals surface area contributed by atoms with Crippen molar-refractivity contribution in [3.05, 3.63) is 22.3 Å². The summed E-state index contributed by atoms with van der Waals surface area (Å²) in [5, 5.41) is 0. The van der Waals surface area contributed by atoms with Crippen molar-refractivity contribution in [3.8, 4) is 0 Å². The summed E-state index contributed by atoms with van der Waals surface area (Å²) in [4.78, 5) is 25.7. The first-order valence-corrected chi connectivity index (χ1v) is 9.41.